The van der Waals surface area contributed by atoms with E-state index in [0.29, 0.717) is 5.69 Å². The van der Waals surface area contributed by atoms with E-state index in [1.165, 1.54) is 0 Å². The van der Waals surface area contributed by atoms with E-state index < -0.39 is 5.60 Å². The molecule has 0 saturated carbocycles. The van der Waals surface area contributed by atoms with Crippen molar-refractivity contribution in [1.29, 1.82) is 5.26 Å². The predicted molar refractivity (Wildman–Crippen MR) is 92.6 cm³/mol. The highest BCUT2D eigenvalue weighted by molar-refractivity contribution is 5.69. The van der Waals surface area contributed by atoms with Gasteiger partial charge in [0, 0.05) is 25.3 Å². The first-order chi connectivity index (χ1) is 11.3. The third-order valence-electron chi connectivity index (χ3n) is 3.84. The average Bonchev–Trinajstić information content (AvgIpc) is 2.49. The number of anilines is 2. The molecule has 1 aliphatic heterocycles. The van der Waals surface area contributed by atoms with E-state index in [1.54, 1.807) is 12.3 Å². The van der Waals surface area contributed by atoms with Crippen molar-refractivity contribution in [3.8, 4) is 6.07 Å². The number of pyridine rings is 1. The number of nitriles is 1. The summed E-state index contributed by atoms with van der Waals surface area (Å²) in [7, 11) is 0. The molecule has 2 rings (SSSR count). The van der Waals surface area contributed by atoms with E-state index >= 15 is 0 Å². The van der Waals surface area contributed by atoms with Crippen LogP contribution in [0.2, 0.25) is 0 Å². The number of nitrogens with zero attached hydrogens (tertiary/aromatic N) is 3. The summed E-state index contributed by atoms with van der Waals surface area (Å²) in [6.45, 7) is 7.02. The lowest BCUT2D eigenvalue weighted by atomic mass is 10.0. The number of nitrogens with one attached hydrogen (secondary N) is 1. The van der Waals surface area contributed by atoms with Gasteiger partial charge in [0.05, 0.1) is 18.2 Å². The summed E-state index contributed by atoms with van der Waals surface area (Å²) >= 11 is 0. The second kappa shape index (κ2) is 7.39. The highest BCUT2D eigenvalue weighted by Crippen LogP contribution is 2.27. The summed E-state index contributed by atoms with van der Waals surface area (Å²) in [5, 5.41) is 11.8. The van der Waals surface area contributed by atoms with Crippen molar-refractivity contribution in [3.63, 3.8) is 0 Å². The van der Waals surface area contributed by atoms with Crippen LogP contribution >= 0.6 is 0 Å². The Morgan fingerprint density at radius 1 is 1.50 bits per heavy atom. The summed E-state index contributed by atoms with van der Waals surface area (Å²) in [4.78, 5) is 18.3. The molecule has 0 spiro atoms. The summed E-state index contributed by atoms with van der Waals surface area (Å²) in [5.74, 6) is 0.721. The topological polar surface area (TPSA) is 104 Å². The first-order valence-corrected chi connectivity index (χ1v) is 8.15. The molecule has 1 aromatic heterocycles. The number of alkyl carbamates (subject to hydrolysis) is 1. The fraction of sp³-hybridized carbons (Fsp3) is 0.588. The summed E-state index contributed by atoms with van der Waals surface area (Å²) < 4.78 is 5.29. The van der Waals surface area contributed by atoms with E-state index in [-0.39, 0.29) is 18.6 Å². The summed E-state index contributed by atoms with van der Waals surface area (Å²) in [5.41, 5.74) is 7.01. The lowest BCUT2D eigenvalue weighted by Crippen LogP contribution is -2.46. The minimum absolute atomic E-state index is 0.0830. The second-order valence-corrected chi connectivity index (χ2v) is 6.95. The van der Waals surface area contributed by atoms with Crippen LogP contribution in [0.3, 0.4) is 0 Å². The Hall–Kier alpha value is -2.49. The molecule has 1 aromatic rings. The monoisotopic (exact) mass is 331 g/mol. The van der Waals surface area contributed by atoms with Crippen molar-refractivity contribution in [2.24, 2.45) is 0 Å². The molecule has 0 aliphatic carbocycles. The quantitative estimate of drug-likeness (QED) is 0.880. The number of hydrogen-bond acceptors (Lipinski definition) is 6. The van der Waals surface area contributed by atoms with Crippen LogP contribution in [0.4, 0.5) is 16.3 Å². The highest BCUT2D eigenvalue weighted by atomic mass is 16.6. The molecule has 0 radical (unpaired) electrons. The minimum atomic E-state index is -0.496. The molecular formula is C17H25N5O2. The Labute approximate surface area is 142 Å². The van der Waals surface area contributed by atoms with Crippen molar-refractivity contribution in [3.05, 3.63) is 17.8 Å². The molecule has 3 N–H and O–H groups in total. The van der Waals surface area contributed by atoms with Crippen LogP contribution in [0.5, 0.6) is 0 Å². The van der Waals surface area contributed by atoms with Crippen LogP contribution in [0, 0.1) is 11.3 Å². The van der Waals surface area contributed by atoms with Gasteiger partial charge in [-0.05, 0) is 45.2 Å². The van der Waals surface area contributed by atoms with Gasteiger partial charge in [0.25, 0.3) is 0 Å². The van der Waals surface area contributed by atoms with Gasteiger partial charge < -0.3 is 20.7 Å². The van der Waals surface area contributed by atoms with Crippen molar-refractivity contribution >= 4 is 17.6 Å². The van der Waals surface area contributed by atoms with Gasteiger partial charge in [-0.2, -0.15) is 5.26 Å². The van der Waals surface area contributed by atoms with Crippen LogP contribution < -0.4 is 16.0 Å². The van der Waals surface area contributed by atoms with Gasteiger partial charge in [0.15, 0.2) is 5.82 Å². The smallest absolute Gasteiger partial charge is 0.407 e. The zero-order valence-electron chi connectivity index (χ0n) is 14.5. The SMILES string of the molecule is CC(C)(C)OC(=O)NC1CCN(c2nccc(CC#N)c2N)CC1. The maximum atomic E-state index is 11.8. The van der Waals surface area contributed by atoms with Crippen molar-refractivity contribution in [2.45, 2.75) is 51.7 Å². The normalized spacial score (nSPS) is 15.7. The number of nitrogens with two attached hydrogens (primary N) is 1. The lowest BCUT2D eigenvalue weighted by molar-refractivity contribution is 0.0497. The zero-order valence-corrected chi connectivity index (χ0v) is 14.5. The Morgan fingerprint density at radius 3 is 2.75 bits per heavy atom. The van der Waals surface area contributed by atoms with Crippen LogP contribution in [-0.4, -0.2) is 35.8 Å². The molecule has 7 nitrogen and oxygen atoms in total. The number of amides is 1. The van der Waals surface area contributed by atoms with Crippen molar-refractivity contribution < 1.29 is 9.53 Å². The van der Waals surface area contributed by atoms with Crippen molar-refractivity contribution in [2.75, 3.05) is 23.7 Å². The number of carbonyl (C=O) groups excluding carboxylic acids is 1. The maximum Gasteiger partial charge on any atom is 0.407 e. The molecule has 7 heteroatoms. The summed E-state index contributed by atoms with van der Waals surface area (Å²) in [6.07, 6.45) is 3.17. The molecule has 0 bridgehead atoms. The van der Waals surface area contributed by atoms with Crippen LogP contribution in [0.1, 0.15) is 39.2 Å². The Bertz CT molecular complexity index is 625. The van der Waals surface area contributed by atoms with Gasteiger partial charge in [-0.3, -0.25) is 0 Å². The molecular weight excluding hydrogens is 306 g/mol. The van der Waals surface area contributed by atoms with E-state index in [1.807, 2.05) is 20.8 Å². The van der Waals surface area contributed by atoms with Gasteiger partial charge in [-0.25, -0.2) is 9.78 Å². The first kappa shape index (κ1) is 17.9. The van der Waals surface area contributed by atoms with Gasteiger partial charge in [-0.1, -0.05) is 0 Å². The first-order valence-electron chi connectivity index (χ1n) is 8.15. The molecule has 0 atom stereocenters. The predicted octanol–water partition coefficient (Wildman–Crippen LogP) is 2.22. The molecule has 1 saturated heterocycles. The number of aromatic nitrogens is 1. The minimum Gasteiger partial charge on any atom is -0.444 e. The van der Waals surface area contributed by atoms with E-state index in [9.17, 15) is 4.79 Å². The fourth-order valence-electron chi connectivity index (χ4n) is 2.70. The number of hydrogen-bond donors (Lipinski definition) is 2. The summed E-state index contributed by atoms with van der Waals surface area (Å²) in [6, 6.07) is 3.97. The van der Waals surface area contributed by atoms with Crippen molar-refractivity contribution in [1.82, 2.24) is 10.3 Å². The number of ether oxygens (including phenoxy) is 1. The number of piperidine rings is 1. The van der Waals surface area contributed by atoms with Gasteiger partial charge in [0.2, 0.25) is 0 Å². The van der Waals surface area contributed by atoms with Gasteiger partial charge in [0.1, 0.15) is 5.60 Å². The largest absolute Gasteiger partial charge is 0.444 e. The second-order valence-electron chi connectivity index (χ2n) is 6.95. The maximum absolute atomic E-state index is 11.8. The Morgan fingerprint density at radius 2 is 2.17 bits per heavy atom. The number of carbonyl (C=O) groups is 1. The molecule has 1 amide bonds. The third-order valence-corrected chi connectivity index (χ3v) is 3.84. The zero-order chi connectivity index (χ0) is 17.7. The molecule has 1 fully saturated rings. The van der Waals surface area contributed by atoms with E-state index in [0.717, 1.165) is 37.3 Å². The number of rotatable bonds is 3. The Balaban J connectivity index is 1.93. The Kier molecular flexibility index (Phi) is 5.50. The number of nitrogen functional groups attached to an aromatic ring is 1. The van der Waals surface area contributed by atoms with E-state index in [2.05, 4.69) is 21.3 Å². The van der Waals surface area contributed by atoms with Gasteiger partial charge in [-0.15, -0.1) is 0 Å². The molecule has 130 valence electrons. The molecule has 0 aromatic carbocycles. The molecule has 0 unspecified atom stereocenters. The standard InChI is InChI=1S/C17H25N5O2/c1-17(2,3)24-16(23)21-13-6-10-22(11-7-13)15-14(19)12(4-8-18)5-9-20-15/h5,9,13H,4,6-7,10-11,19H2,1-3H3,(H,21,23). The highest BCUT2D eigenvalue weighted by Gasteiger charge is 2.25. The van der Waals surface area contributed by atoms with Crippen LogP contribution in [-0.2, 0) is 11.2 Å². The molecule has 1 aliphatic rings. The van der Waals surface area contributed by atoms with E-state index in [4.69, 9.17) is 15.7 Å². The third kappa shape index (κ3) is 4.75. The lowest BCUT2D eigenvalue weighted by Gasteiger charge is -2.34. The van der Waals surface area contributed by atoms with Gasteiger partial charge >= 0.3 is 6.09 Å². The molecule has 24 heavy (non-hydrogen) atoms. The van der Waals surface area contributed by atoms with Crippen LogP contribution in [0.15, 0.2) is 12.3 Å². The average molecular weight is 331 g/mol. The molecule has 2 heterocycles. The van der Waals surface area contributed by atoms with Crippen LogP contribution in [0.25, 0.3) is 0 Å². The fourth-order valence-corrected chi connectivity index (χ4v) is 2.70.